The maximum Gasteiger partial charge on any atom is 0.573 e. The number of alkyl halides is 3. The Balaban J connectivity index is 1.17. The van der Waals surface area contributed by atoms with Crippen molar-refractivity contribution in [2.45, 2.75) is 52.4 Å². The molecule has 3 heterocycles. The van der Waals surface area contributed by atoms with Crippen LogP contribution in [-0.2, 0) is 6.54 Å². The fourth-order valence-electron chi connectivity index (χ4n) is 6.12. The molecule has 0 N–H and O–H groups in total. The molecule has 3 aromatic carbocycles. The van der Waals surface area contributed by atoms with E-state index < -0.39 is 6.36 Å². The zero-order valence-corrected chi connectivity index (χ0v) is 26.1. The number of carbonyl (C=O) groups excluding carboxylic acids is 1. The highest BCUT2D eigenvalue weighted by Gasteiger charge is 2.31. The molecule has 1 amide bonds. The lowest BCUT2D eigenvalue weighted by molar-refractivity contribution is -0.274. The van der Waals surface area contributed by atoms with E-state index in [0.29, 0.717) is 29.8 Å². The van der Waals surface area contributed by atoms with Crippen molar-refractivity contribution in [1.82, 2.24) is 19.4 Å². The summed E-state index contributed by atoms with van der Waals surface area (Å²) in [6.07, 6.45) is -3.18. The number of benzene rings is 3. The molecule has 0 radical (unpaired) electrons. The Hall–Kier alpha value is -4.44. The fraction of sp³-hybridized carbons (Fsp3) is 0.286. The minimum absolute atomic E-state index is 0.0866. The van der Waals surface area contributed by atoms with Gasteiger partial charge in [-0.25, -0.2) is 9.97 Å². The molecular formula is C35H33F3N4O2S. The normalized spacial score (nSPS) is 14.1. The molecule has 0 atom stereocenters. The van der Waals surface area contributed by atoms with Crippen molar-refractivity contribution in [3.8, 4) is 39.7 Å². The van der Waals surface area contributed by atoms with Crippen molar-refractivity contribution in [1.29, 1.82) is 0 Å². The van der Waals surface area contributed by atoms with Gasteiger partial charge in [-0.3, -0.25) is 4.79 Å². The van der Waals surface area contributed by atoms with Gasteiger partial charge in [0, 0.05) is 47.8 Å². The highest BCUT2D eigenvalue weighted by molar-refractivity contribution is 7.10. The third-order valence-corrected chi connectivity index (χ3v) is 9.35. The van der Waals surface area contributed by atoms with Crippen LogP contribution in [0.25, 0.3) is 33.9 Å². The first-order valence-electron chi connectivity index (χ1n) is 15.0. The van der Waals surface area contributed by atoms with Gasteiger partial charge < -0.3 is 14.2 Å². The first kappa shape index (κ1) is 30.6. The maximum atomic E-state index is 13.8. The molecule has 6 rings (SSSR count). The van der Waals surface area contributed by atoms with Crippen LogP contribution in [0.5, 0.6) is 5.75 Å². The van der Waals surface area contributed by atoms with Crippen LogP contribution in [0.15, 0.2) is 78.2 Å². The average Bonchev–Trinajstić information content (AvgIpc) is 3.65. The number of piperidine rings is 1. The van der Waals surface area contributed by atoms with Gasteiger partial charge in [0.15, 0.2) is 5.82 Å². The molecule has 0 bridgehead atoms. The van der Waals surface area contributed by atoms with Crippen LogP contribution in [0.3, 0.4) is 0 Å². The van der Waals surface area contributed by atoms with Gasteiger partial charge in [-0.2, -0.15) is 0 Å². The van der Waals surface area contributed by atoms with Gasteiger partial charge in [0.05, 0.1) is 10.7 Å². The molecule has 10 heteroatoms. The Morgan fingerprint density at radius 3 is 2.31 bits per heavy atom. The Kier molecular flexibility index (Phi) is 8.50. The van der Waals surface area contributed by atoms with Crippen LogP contribution in [0.1, 0.15) is 52.3 Å². The third-order valence-electron chi connectivity index (χ3n) is 8.35. The molecule has 1 aliphatic rings. The van der Waals surface area contributed by atoms with E-state index in [-0.39, 0.29) is 17.6 Å². The summed E-state index contributed by atoms with van der Waals surface area (Å²) in [6.45, 7) is 8.08. The minimum Gasteiger partial charge on any atom is -0.406 e. The predicted molar refractivity (Wildman–Crippen MR) is 170 cm³/mol. The second-order valence-corrected chi connectivity index (χ2v) is 12.1. The molecule has 0 aliphatic carbocycles. The molecular weight excluding hydrogens is 597 g/mol. The van der Waals surface area contributed by atoms with E-state index >= 15 is 0 Å². The van der Waals surface area contributed by atoms with Gasteiger partial charge in [-0.1, -0.05) is 54.6 Å². The first-order chi connectivity index (χ1) is 21.6. The number of nitrogens with zero attached hydrogens (tertiary/aromatic N) is 4. The second kappa shape index (κ2) is 12.5. The lowest BCUT2D eigenvalue weighted by atomic mass is 9.92. The first-order valence-corrected chi connectivity index (χ1v) is 15.8. The summed E-state index contributed by atoms with van der Waals surface area (Å²) >= 11 is 1.64. The summed E-state index contributed by atoms with van der Waals surface area (Å²) in [5.41, 5.74) is 6.81. The van der Waals surface area contributed by atoms with Gasteiger partial charge in [-0.05, 0) is 68.5 Å². The molecule has 5 aromatic rings. The number of imidazole rings is 1. The van der Waals surface area contributed by atoms with E-state index in [0.717, 1.165) is 58.4 Å². The van der Waals surface area contributed by atoms with E-state index in [1.54, 1.807) is 29.5 Å². The molecule has 0 saturated carbocycles. The number of halogens is 3. The van der Waals surface area contributed by atoms with Crippen LogP contribution in [0.4, 0.5) is 13.2 Å². The summed E-state index contributed by atoms with van der Waals surface area (Å²) in [6, 6.07) is 21.4. The zero-order valence-electron chi connectivity index (χ0n) is 25.3. The van der Waals surface area contributed by atoms with E-state index in [9.17, 15) is 18.0 Å². The number of aryl methyl sites for hydroxylation is 1. The van der Waals surface area contributed by atoms with E-state index in [2.05, 4.69) is 40.7 Å². The van der Waals surface area contributed by atoms with Crippen LogP contribution >= 0.6 is 11.3 Å². The number of hydrogen-bond donors (Lipinski definition) is 0. The predicted octanol–water partition coefficient (Wildman–Crippen LogP) is 8.90. The Labute approximate surface area is 264 Å². The summed E-state index contributed by atoms with van der Waals surface area (Å²) in [4.78, 5) is 25.7. The van der Waals surface area contributed by atoms with E-state index in [4.69, 9.17) is 9.97 Å². The van der Waals surface area contributed by atoms with Gasteiger partial charge in [0.2, 0.25) is 0 Å². The summed E-state index contributed by atoms with van der Waals surface area (Å²) < 4.78 is 44.2. The highest BCUT2D eigenvalue weighted by atomic mass is 32.1. The van der Waals surface area contributed by atoms with Crippen LogP contribution in [0, 0.1) is 13.8 Å². The molecule has 1 saturated heterocycles. The molecule has 0 unspecified atom stereocenters. The molecule has 1 fully saturated rings. The number of amides is 1. The fourth-order valence-corrected chi connectivity index (χ4v) is 7.09. The minimum atomic E-state index is -4.76. The van der Waals surface area contributed by atoms with Gasteiger partial charge in [0.25, 0.3) is 5.91 Å². The summed E-state index contributed by atoms with van der Waals surface area (Å²) in [5.74, 6) is 0.724. The largest absolute Gasteiger partial charge is 0.573 e. The van der Waals surface area contributed by atoms with Crippen molar-refractivity contribution in [2.75, 3.05) is 13.1 Å². The Bertz CT molecular complexity index is 1810. The average molecular weight is 631 g/mol. The van der Waals surface area contributed by atoms with Crippen LogP contribution < -0.4 is 4.74 Å². The van der Waals surface area contributed by atoms with Gasteiger partial charge >= 0.3 is 6.36 Å². The van der Waals surface area contributed by atoms with Crippen LogP contribution in [-0.4, -0.2) is 44.8 Å². The van der Waals surface area contributed by atoms with Crippen molar-refractivity contribution >= 4 is 17.2 Å². The molecule has 232 valence electrons. The van der Waals surface area contributed by atoms with Gasteiger partial charge in [-0.15, -0.1) is 24.5 Å². The number of thiazole rings is 1. The molecule has 2 aromatic heterocycles. The smallest absolute Gasteiger partial charge is 0.406 e. The monoisotopic (exact) mass is 630 g/mol. The number of likely N-dealkylation sites (tertiary alicyclic amines) is 1. The topological polar surface area (TPSA) is 60.2 Å². The quantitative estimate of drug-likeness (QED) is 0.180. The van der Waals surface area contributed by atoms with Crippen molar-refractivity contribution in [3.63, 3.8) is 0 Å². The highest BCUT2D eigenvalue weighted by Crippen LogP contribution is 2.36. The molecule has 45 heavy (non-hydrogen) atoms. The Morgan fingerprint density at radius 2 is 1.64 bits per heavy atom. The van der Waals surface area contributed by atoms with Crippen molar-refractivity contribution in [2.24, 2.45) is 0 Å². The van der Waals surface area contributed by atoms with Gasteiger partial charge in [0.1, 0.15) is 11.4 Å². The third kappa shape index (κ3) is 6.38. The number of rotatable bonds is 7. The number of carbonyl (C=O) groups is 1. The number of hydrogen-bond acceptors (Lipinski definition) is 5. The van der Waals surface area contributed by atoms with Crippen molar-refractivity contribution in [3.05, 3.63) is 100 Å². The standard InChI is InChI=1S/C35H33F3N4O2S/c1-4-42-23(3)31(25-10-6-5-7-11-25)40-32(42)29-21-45-33(39-29)26-17-19-41(20-18-26)34(43)28-12-8-9-22(2)30(28)24-13-15-27(16-14-24)44-35(36,37)38/h5-16,21,26H,4,17-20H2,1-3H3. The number of aromatic nitrogens is 3. The van der Waals surface area contributed by atoms with E-state index in [1.165, 1.54) is 12.1 Å². The molecule has 6 nitrogen and oxygen atoms in total. The van der Waals surface area contributed by atoms with E-state index in [1.807, 2.05) is 42.2 Å². The summed E-state index contributed by atoms with van der Waals surface area (Å²) in [7, 11) is 0. The second-order valence-electron chi connectivity index (χ2n) is 11.2. The molecule has 0 spiro atoms. The van der Waals surface area contributed by atoms with Crippen LogP contribution in [0.2, 0.25) is 0 Å². The zero-order chi connectivity index (χ0) is 31.7. The Morgan fingerprint density at radius 1 is 0.933 bits per heavy atom. The SMILES string of the molecule is CCn1c(-c2csc(C3CCN(C(=O)c4cccc(C)c4-c4ccc(OC(F)(F)F)cc4)CC3)n2)nc(-c2ccccc2)c1C. The lowest BCUT2D eigenvalue weighted by Crippen LogP contribution is -2.38. The lowest BCUT2D eigenvalue weighted by Gasteiger charge is -2.32. The molecule has 1 aliphatic heterocycles. The van der Waals surface area contributed by atoms with Crippen molar-refractivity contribution < 1.29 is 22.7 Å². The maximum absolute atomic E-state index is 13.8. The number of ether oxygens (including phenoxy) is 1. The summed E-state index contributed by atoms with van der Waals surface area (Å²) in [5, 5.41) is 3.14.